The first kappa shape index (κ1) is 5.22. The summed E-state index contributed by atoms with van der Waals surface area (Å²) >= 11 is 0. The summed E-state index contributed by atoms with van der Waals surface area (Å²) in [5.74, 6) is 0.539. The molecule has 0 fully saturated rings. The monoisotopic (exact) mass is 135 g/mol. The summed E-state index contributed by atoms with van der Waals surface area (Å²) in [6, 6.07) is 0. The summed E-state index contributed by atoms with van der Waals surface area (Å²) < 4.78 is 6.84. The fraction of sp³-hybridized carbons (Fsp3) is 0. The molecule has 0 radical (unpaired) electrons. The first-order valence-electron chi connectivity index (χ1n) is 2.82. The molecule has 4 nitrogen and oxygen atoms in total. The summed E-state index contributed by atoms with van der Waals surface area (Å²) in [7, 11) is 0. The van der Waals surface area contributed by atoms with E-state index in [1.54, 1.807) is 23.1 Å². The Balaban J connectivity index is 2.78. The zero-order chi connectivity index (χ0) is 6.97. The van der Waals surface area contributed by atoms with Crippen molar-refractivity contribution in [2.75, 3.05) is 0 Å². The molecule has 0 saturated heterocycles. The molecule has 0 bridgehead atoms. The van der Waals surface area contributed by atoms with E-state index < -0.39 is 0 Å². The van der Waals surface area contributed by atoms with Gasteiger partial charge in [-0.05, 0) is 0 Å². The molecule has 0 aliphatic rings. The molecular formula is C6H5N3O. The highest BCUT2D eigenvalue weighted by Gasteiger charge is 1.98. The van der Waals surface area contributed by atoms with E-state index in [-0.39, 0.29) is 0 Å². The normalized spacial score (nSPS) is 10.4. The van der Waals surface area contributed by atoms with Crippen LogP contribution in [0, 0.1) is 5.41 Å². The lowest BCUT2D eigenvalue weighted by atomic mass is 10.6. The maximum absolute atomic E-state index is 6.86. The van der Waals surface area contributed by atoms with E-state index in [0.29, 0.717) is 11.5 Å². The zero-order valence-corrected chi connectivity index (χ0v) is 5.11. The van der Waals surface area contributed by atoms with Gasteiger partial charge >= 0.3 is 0 Å². The van der Waals surface area contributed by atoms with Gasteiger partial charge in [0, 0.05) is 0 Å². The van der Waals surface area contributed by atoms with Gasteiger partial charge in [-0.15, -0.1) is 0 Å². The van der Waals surface area contributed by atoms with Gasteiger partial charge in [-0.25, -0.2) is 4.98 Å². The van der Waals surface area contributed by atoms with E-state index in [0.717, 1.165) is 6.21 Å². The number of rotatable bonds is 1. The maximum Gasteiger partial charge on any atom is 0.224 e. The summed E-state index contributed by atoms with van der Waals surface area (Å²) in [4.78, 5) is 3.83. The summed E-state index contributed by atoms with van der Waals surface area (Å²) in [5.41, 5.74) is 0.665. The molecule has 0 saturated carbocycles. The molecule has 2 heterocycles. The minimum atomic E-state index is 0.539. The lowest BCUT2D eigenvalue weighted by Gasteiger charge is -1.72. The van der Waals surface area contributed by atoms with Crippen molar-refractivity contribution in [2.45, 2.75) is 0 Å². The fourth-order valence-electron chi connectivity index (χ4n) is 0.819. The third-order valence-electron chi connectivity index (χ3n) is 1.26. The van der Waals surface area contributed by atoms with Gasteiger partial charge in [-0.3, -0.25) is 4.40 Å². The first-order valence-corrected chi connectivity index (χ1v) is 2.82. The molecule has 0 aliphatic heterocycles. The molecule has 50 valence electrons. The summed E-state index contributed by atoms with van der Waals surface area (Å²) in [6.07, 6.45) is 6.10. The predicted molar refractivity (Wildman–Crippen MR) is 35.3 cm³/mol. The standard InChI is InChI=1S/C6H5N3O/c7-1-5-3-9-4-8-2-6(9)10-5/h1-4,7H. The number of aromatic nitrogens is 2. The average molecular weight is 135 g/mol. The molecule has 0 aliphatic carbocycles. The number of imidazole rings is 1. The third-order valence-corrected chi connectivity index (χ3v) is 1.26. The average Bonchev–Trinajstić information content (AvgIpc) is 2.42. The van der Waals surface area contributed by atoms with Gasteiger partial charge in [0.1, 0.15) is 6.33 Å². The number of fused-ring (bicyclic) bond motifs is 1. The molecule has 0 aromatic carbocycles. The van der Waals surface area contributed by atoms with Gasteiger partial charge in [0.2, 0.25) is 5.71 Å². The second kappa shape index (κ2) is 1.70. The lowest BCUT2D eigenvalue weighted by molar-refractivity contribution is 0.600. The van der Waals surface area contributed by atoms with E-state index in [1.165, 1.54) is 0 Å². The number of nitrogens with zero attached hydrogens (tertiary/aromatic N) is 2. The van der Waals surface area contributed by atoms with Crippen molar-refractivity contribution in [1.29, 1.82) is 5.41 Å². The molecule has 0 amide bonds. The Kier molecular flexibility index (Phi) is 0.887. The van der Waals surface area contributed by atoms with Crippen molar-refractivity contribution >= 4 is 11.9 Å². The summed E-state index contributed by atoms with van der Waals surface area (Å²) in [6.45, 7) is 0. The van der Waals surface area contributed by atoms with Crippen LogP contribution >= 0.6 is 0 Å². The number of oxazole rings is 1. The molecular weight excluding hydrogens is 130 g/mol. The quantitative estimate of drug-likeness (QED) is 0.591. The maximum atomic E-state index is 6.86. The van der Waals surface area contributed by atoms with Gasteiger partial charge in [-0.1, -0.05) is 0 Å². The van der Waals surface area contributed by atoms with Crippen LogP contribution in [-0.2, 0) is 0 Å². The molecule has 2 aromatic rings. The molecule has 4 heteroatoms. The number of nitrogens with one attached hydrogen (secondary N) is 1. The van der Waals surface area contributed by atoms with Crippen LogP contribution in [0.4, 0.5) is 0 Å². The van der Waals surface area contributed by atoms with Crippen molar-refractivity contribution in [3.8, 4) is 0 Å². The van der Waals surface area contributed by atoms with Crippen LogP contribution < -0.4 is 0 Å². The van der Waals surface area contributed by atoms with Crippen molar-refractivity contribution in [3.05, 3.63) is 24.5 Å². The SMILES string of the molecule is N=Cc1cn2cncc2o1. The van der Waals surface area contributed by atoms with E-state index >= 15 is 0 Å². The predicted octanol–water partition coefficient (Wildman–Crippen LogP) is 0.925. The molecule has 0 atom stereocenters. The largest absolute Gasteiger partial charge is 0.436 e. The number of hydrogen-bond donors (Lipinski definition) is 1. The van der Waals surface area contributed by atoms with Crippen molar-refractivity contribution in [1.82, 2.24) is 9.38 Å². The van der Waals surface area contributed by atoms with E-state index in [1.807, 2.05) is 0 Å². The van der Waals surface area contributed by atoms with Gasteiger partial charge in [0.15, 0.2) is 5.76 Å². The Morgan fingerprint density at radius 3 is 3.30 bits per heavy atom. The van der Waals surface area contributed by atoms with Crippen LogP contribution in [-0.4, -0.2) is 15.6 Å². The van der Waals surface area contributed by atoms with Crippen molar-refractivity contribution < 1.29 is 4.42 Å². The molecule has 0 spiro atoms. The van der Waals surface area contributed by atoms with E-state index in [9.17, 15) is 0 Å². The van der Waals surface area contributed by atoms with Crippen LogP contribution in [0.2, 0.25) is 0 Å². The second-order valence-electron chi connectivity index (χ2n) is 1.92. The Labute approximate surface area is 56.6 Å². The highest BCUT2D eigenvalue weighted by atomic mass is 16.3. The minimum Gasteiger partial charge on any atom is -0.436 e. The lowest BCUT2D eigenvalue weighted by Crippen LogP contribution is -1.72. The van der Waals surface area contributed by atoms with Crippen LogP contribution in [0.5, 0.6) is 0 Å². The third kappa shape index (κ3) is 0.556. The highest BCUT2D eigenvalue weighted by Crippen LogP contribution is 2.05. The number of hydrogen-bond acceptors (Lipinski definition) is 3. The van der Waals surface area contributed by atoms with Crippen LogP contribution in [0.15, 0.2) is 23.1 Å². The fourth-order valence-corrected chi connectivity index (χ4v) is 0.819. The molecule has 10 heavy (non-hydrogen) atoms. The van der Waals surface area contributed by atoms with Crippen molar-refractivity contribution in [3.63, 3.8) is 0 Å². The first-order chi connectivity index (χ1) is 4.90. The smallest absolute Gasteiger partial charge is 0.224 e. The molecule has 2 rings (SSSR count). The Bertz CT molecular complexity index is 331. The van der Waals surface area contributed by atoms with Crippen LogP contribution in [0.1, 0.15) is 5.76 Å². The van der Waals surface area contributed by atoms with Crippen LogP contribution in [0.25, 0.3) is 5.71 Å². The van der Waals surface area contributed by atoms with Crippen molar-refractivity contribution in [2.24, 2.45) is 0 Å². The highest BCUT2D eigenvalue weighted by molar-refractivity contribution is 5.73. The van der Waals surface area contributed by atoms with Gasteiger partial charge < -0.3 is 9.83 Å². The summed E-state index contributed by atoms with van der Waals surface area (Å²) in [5, 5.41) is 6.86. The van der Waals surface area contributed by atoms with Gasteiger partial charge in [-0.2, -0.15) is 0 Å². The Morgan fingerprint density at radius 2 is 2.60 bits per heavy atom. The molecule has 1 N–H and O–H groups in total. The topological polar surface area (TPSA) is 54.3 Å². The van der Waals surface area contributed by atoms with Crippen LogP contribution in [0.3, 0.4) is 0 Å². The zero-order valence-electron chi connectivity index (χ0n) is 5.11. The minimum absolute atomic E-state index is 0.539. The van der Waals surface area contributed by atoms with Gasteiger partial charge in [0.25, 0.3) is 0 Å². The Morgan fingerprint density at radius 1 is 1.70 bits per heavy atom. The Hall–Kier alpha value is -1.58. The molecule has 0 unspecified atom stereocenters. The second-order valence-corrected chi connectivity index (χ2v) is 1.92. The van der Waals surface area contributed by atoms with E-state index in [4.69, 9.17) is 9.83 Å². The molecule has 2 aromatic heterocycles. The van der Waals surface area contributed by atoms with E-state index in [2.05, 4.69) is 4.98 Å². The van der Waals surface area contributed by atoms with Gasteiger partial charge in [0.05, 0.1) is 18.6 Å².